The van der Waals surface area contributed by atoms with Gasteiger partial charge in [0, 0.05) is 22.0 Å². The predicted octanol–water partition coefficient (Wildman–Crippen LogP) is 5.76. The highest BCUT2D eigenvalue weighted by atomic mass is 32.2. The van der Waals surface area contributed by atoms with Crippen molar-refractivity contribution in [2.75, 3.05) is 16.0 Å². The van der Waals surface area contributed by atoms with Crippen molar-refractivity contribution in [3.8, 4) is 0 Å². The minimum Gasteiger partial charge on any atom is -0.325 e. The van der Waals surface area contributed by atoms with E-state index in [1.807, 2.05) is 92.7 Å². The predicted molar refractivity (Wildman–Crippen MR) is 121 cm³/mol. The summed E-state index contributed by atoms with van der Waals surface area (Å²) in [6, 6.07) is 24.1. The van der Waals surface area contributed by atoms with Gasteiger partial charge in [-0.1, -0.05) is 30.3 Å². The summed E-state index contributed by atoms with van der Waals surface area (Å²) < 4.78 is 0. The summed E-state index contributed by atoms with van der Waals surface area (Å²) in [7, 11) is 0. The number of hydrogen-bond acceptors (Lipinski definition) is 3. The van der Waals surface area contributed by atoms with Crippen LogP contribution in [0.5, 0.6) is 0 Å². The lowest BCUT2D eigenvalue weighted by molar-refractivity contribution is -0.115. The zero-order valence-electron chi connectivity index (χ0n) is 16.3. The van der Waals surface area contributed by atoms with Crippen LogP contribution in [0, 0.1) is 6.92 Å². The quantitative estimate of drug-likeness (QED) is 0.457. The molecule has 3 rings (SSSR count). The summed E-state index contributed by atoms with van der Waals surface area (Å²) in [5.74, 6) is -0.0509. The number of benzene rings is 3. The van der Waals surface area contributed by atoms with Crippen molar-refractivity contribution in [1.82, 2.24) is 0 Å². The highest BCUT2D eigenvalue weighted by molar-refractivity contribution is 8.00. The Labute approximate surface area is 174 Å². The number of aryl methyl sites for hydroxylation is 1. The average Bonchev–Trinajstić information content (AvgIpc) is 2.70. The van der Waals surface area contributed by atoms with Crippen molar-refractivity contribution in [3.63, 3.8) is 0 Å². The van der Waals surface area contributed by atoms with E-state index in [4.69, 9.17) is 0 Å². The lowest BCUT2D eigenvalue weighted by Gasteiger charge is -2.13. The van der Waals surface area contributed by atoms with E-state index in [0.29, 0.717) is 5.69 Å². The van der Waals surface area contributed by atoms with Crippen LogP contribution in [-0.2, 0) is 4.79 Å². The molecule has 0 saturated heterocycles. The second-order valence-electron chi connectivity index (χ2n) is 6.59. The Morgan fingerprint density at radius 2 is 1.38 bits per heavy atom. The molecule has 1 unspecified atom stereocenters. The van der Waals surface area contributed by atoms with Gasteiger partial charge in [0.1, 0.15) is 0 Å². The first-order valence-corrected chi connectivity index (χ1v) is 10.1. The summed E-state index contributed by atoms with van der Waals surface area (Å²) in [5.41, 5.74) is 3.30. The molecular formula is C23H23N3O2S. The zero-order chi connectivity index (χ0) is 20.6. The Bertz CT molecular complexity index is 975. The van der Waals surface area contributed by atoms with Gasteiger partial charge in [0.2, 0.25) is 5.91 Å². The Balaban J connectivity index is 1.51. The zero-order valence-corrected chi connectivity index (χ0v) is 17.1. The van der Waals surface area contributed by atoms with Crippen LogP contribution in [0.2, 0.25) is 0 Å². The van der Waals surface area contributed by atoms with Crippen LogP contribution in [0.15, 0.2) is 83.8 Å². The molecule has 3 amide bonds. The Morgan fingerprint density at radius 1 is 0.759 bits per heavy atom. The first kappa shape index (κ1) is 20.5. The smallest absolute Gasteiger partial charge is 0.323 e. The largest absolute Gasteiger partial charge is 0.325 e. The number of carbonyl (C=O) groups excluding carboxylic acids is 2. The molecule has 0 aromatic heterocycles. The van der Waals surface area contributed by atoms with Crippen LogP contribution in [0.4, 0.5) is 21.9 Å². The van der Waals surface area contributed by atoms with Crippen LogP contribution < -0.4 is 16.0 Å². The molecule has 1 atom stereocenters. The first-order valence-electron chi connectivity index (χ1n) is 9.27. The van der Waals surface area contributed by atoms with Gasteiger partial charge >= 0.3 is 6.03 Å². The van der Waals surface area contributed by atoms with E-state index < -0.39 is 0 Å². The van der Waals surface area contributed by atoms with Gasteiger partial charge in [-0.2, -0.15) is 0 Å². The van der Waals surface area contributed by atoms with E-state index >= 15 is 0 Å². The minimum atomic E-state index is -0.303. The van der Waals surface area contributed by atoms with Crippen LogP contribution >= 0.6 is 11.8 Å². The molecule has 0 aliphatic rings. The number of para-hydroxylation sites is 1. The molecule has 0 fully saturated rings. The second kappa shape index (κ2) is 9.80. The number of thioether (sulfide) groups is 1. The van der Waals surface area contributed by atoms with Gasteiger partial charge in [-0.25, -0.2) is 4.79 Å². The molecule has 29 heavy (non-hydrogen) atoms. The molecular weight excluding hydrogens is 382 g/mol. The highest BCUT2D eigenvalue weighted by Crippen LogP contribution is 2.26. The van der Waals surface area contributed by atoms with Crippen molar-refractivity contribution in [2.24, 2.45) is 0 Å². The number of urea groups is 1. The maximum absolute atomic E-state index is 12.4. The molecule has 0 spiro atoms. The van der Waals surface area contributed by atoms with E-state index in [9.17, 15) is 9.59 Å². The number of nitrogens with one attached hydrogen (secondary N) is 3. The van der Waals surface area contributed by atoms with Crippen molar-refractivity contribution in [3.05, 3.63) is 84.4 Å². The molecule has 5 nitrogen and oxygen atoms in total. The standard InChI is InChI=1S/C23H23N3O2S/c1-16-7-6-10-20(15-16)24-22(27)17(2)29-21-13-11-19(12-14-21)26-23(28)25-18-8-4-3-5-9-18/h3-15,17H,1-2H3,(H,24,27)(H2,25,26,28). The van der Waals surface area contributed by atoms with Gasteiger partial charge in [0.25, 0.3) is 0 Å². The third kappa shape index (κ3) is 6.40. The molecule has 0 saturated carbocycles. The van der Waals surface area contributed by atoms with E-state index in [-0.39, 0.29) is 17.2 Å². The molecule has 148 valence electrons. The molecule has 0 radical (unpaired) electrons. The normalized spacial score (nSPS) is 11.4. The molecule has 0 aliphatic carbocycles. The van der Waals surface area contributed by atoms with Gasteiger partial charge in [0.15, 0.2) is 0 Å². The first-order chi connectivity index (χ1) is 14.0. The van der Waals surface area contributed by atoms with Gasteiger partial charge < -0.3 is 16.0 Å². The molecule has 0 bridgehead atoms. The summed E-state index contributed by atoms with van der Waals surface area (Å²) >= 11 is 1.46. The molecule has 3 aromatic rings. The highest BCUT2D eigenvalue weighted by Gasteiger charge is 2.15. The van der Waals surface area contributed by atoms with Crippen molar-refractivity contribution in [2.45, 2.75) is 24.0 Å². The number of anilines is 3. The summed E-state index contributed by atoms with van der Waals surface area (Å²) in [4.78, 5) is 25.4. The van der Waals surface area contributed by atoms with Crippen LogP contribution in [0.1, 0.15) is 12.5 Å². The van der Waals surface area contributed by atoms with Crippen LogP contribution in [0.3, 0.4) is 0 Å². The molecule has 3 aromatic carbocycles. The lowest BCUT2D eigenvalue weighted by Crippen LogP contribution is -2.22. The fraction of sp³-hybridized carbons (Fsp3) is 0.130. The Kier molecular flexibility index (Phi) is 6.92. The summed E-state index contributed by atoms with van der Waals surface area (Å²) in [6.45, 7) is 3.86. The lowest BCUT2D eigenvalue weighted by atomic mass is 10.2. The fourth-order valence-corrected chi connectivity index (χ4v) is 3.52. The maximum atomic E-state index is 12.4. The fourth-order valence-electron chi connectivity index (χ4n) is 2.66. The van der Waals surface area contributed by atoms with Crippen LogP contribution in [0.25, 0.3) is 0 Å². The minimum absolute atomic E-state index is 0.0509. The molecule has 0 heterocycles. The van der Waals surface area contributed by atoms with E-state index in [2.05, 4.69) is 16.0 Å². The number of amides is 3. The Hall–Kier alpha value is -3.25. The van der Waals surface area contributed by atoms with Crippen molar-refractivity contribution >= 4 is 40.8 Å². The van der Waals surface area contributed by atoms with Crippen LogP contribution in [-0.4, -0.2) is 17.2 Å². The topological polar surface area (TPSA) is 70.2 Å². The van der Waals surface area contributed by atoms with Gasteiger partial charge in [-0.3, -0.25) is 4.79 Å². The van der Waals surface area contributed by atoms with E-state index in [1.54, 1.807) is 0 Å². The molecule has 6 heteroatoms. The average molecular weight is 406 g/mol. The Morgan fingerprint density at radius 3 is 2.03 bits per heavy atom. The monoisotopic (exact) mass is 405 g/mol. The number of carbonyl (C=O) groups is 2. The van der Waals surface area contributed by atoms with Gasteiger partial charge in [-0.05, 0) is 67.9 Å². The van der Waals surface area contributed by atoms with E-state index in [0.717, 1.165) is 21.8 Å². The van der Waals surface area contributed by atoms with Crippen molar-refractivity contribution in [1.29, 1.82) is 0 Å². The SMILES string of the molecule is Cc1cccc(NC(=O)C(C)Sc2ccc(NC(=O)Nc3ccccc3)cc2)c1. The number of rotatable bonds is 6. The van der Waals surface area contributed by atoms with Gasteiger partial charge in [0.05, 0.1) is 5.25 Å². The third-order valence-electron chi connectivity index (χ3n) is 4.11. The second-order valence-corrected chi connectivity index (χ2v) is 8.00. The third-order valence-corrected chi connectivity index (χ3v) is 5.22. The van der Waals surface area contributed by atoms with Gasteiger partial charge in [-0.15, -0.1) is 11.8 Å². The number of hydrogen-bond donors (Lipinski definition) is 3. The maximum Gasteiger partial charge on any atom is 0.323 e. The summed E-state index contributed by atoms with van der Waals surface area (Å²) in [5, 5.41) is 8.25. The van der Waals surface area contributed by atoms with Crippen molar-refractivity contribution < 1.29 is 9.59 Å². The molecule has 3 N–H and O–H groups in total. The molecule has 0 aliphatic heterocycles. The van der Waals surface area contributed by atoms with E-state index in [1.165, 1.54) is 11.8 Å². The summed E-state index contributed by atoms with van der Waals surface area (Å²) in [6.07, 6.45) is 0.